The second-order valence-electron chi connectivity index (χ2n) is 7.36. The van der Waals surface area contributed by atoms with Crippen LogP contribution in [0.1, 0.15) is 34.6 Å². The van der Waals surface area contributed by atoms with Crippen molar-refractivity contribution in [1.29, 1.82) is 0 Å². The molecule has 0 spiro atoms. The zero-order valence-electron chi connectivity index (χ0n) is 17.0. The van der Waals surface area contributed by atoms with Gasteiger partial charge in [-0.3, -0.25) is 9.48 Å². The summed E-state index contributed by atoms with van der Waals surface area (Å²) in [5.41, 5.74) is 1.76. The molecule has 1 amide bonds. The van der Waals surface area contributed by atoms with E-state index >= 15 is 0 Å². The standard InChI is InChI=1S/C22H19F4N3O2/c1-11-20-15(21(28(2)27-20)12-8-17(24)19(26)18(25)9-12)6-7-29(11)22(30)14-5-4-13(31-3)10-16(14)23/h4-5,8-11H,6-7H2,1-3H3/t11-/m0/s1. The first-order valence-electron chi connectivity index (χ1n) is 9.58. The minimum absolute atomic E-state index is 0.0880. The van der Waals surface area contributed by atoms with Gasteiger partial charge >= 0.3 is 0 Å². The van der Waals surface area contributed by atoms with Gasteiger partial charge in [0.15, 0.2) is 17.5 Å². The minimum atomic E-state index is -1.54. The van der Waals surface area contributed by atoms with Gasteiger partial charge in [-0.05, 0) is 37.6 Å². The maximum absolute atomic E-state index is 14.4. The number of carbonyl (C=O) groups excluding carboxylic acids is 1. The molecule has 0 saturated carbocycles. The highest BCUT2D eigenvalue weighted by Crippen LogP contribution is 2.37. The predicted octanol–water partition coefficient (Wildman–Crippen LogP) is 4.41. The fraction of sp³-hybridized carbons (Fsp3) is 0.273. The number of hydrogen-bond acceptors (Lipinski definition) is 3. The van der Waals surface area contributed by atoms with Crippen LogP contribution < -0.4 is 4.74 Å². The Balaban J connectivity index is 1.70. The van der Waals surface area contributed by atoms with Crippen LogP contribution in [0.15, 0.2) is 30.3 Å². The summed E-state index contributed by atoms with van der Waals surface area (Å²) >= 11 is 0. The van der Waals surface area contributed by atoms with E-state index in [1.54, 1.807) is 14.0 Å². The molecule has 0 unspecified atom stereocenters. The largest absolute Gasteiger partial charge is 0.497 e. The van der Waals surface area contributed by atoms with Crippen LogP contribution in [0.2, 0.25) is 0 Å². The van der Waals surface area contributed by atoms with E-state index in [2.05, 4.69) is 5.10 Å². The lowest BCUT2D eigenvalue weighted by Crippen LogP contribution is -2.39. The number of amides is 1. The maximum atomic E-state index is 14.4. The monoisotopic (exact) mass is 433 g/mol. The molecule has 1 aliphatic rings. The van der Waals surface area contributed by atoms with Crippen LogP contribution in [0.3, 0.4) is 0 Å². The summed E-state index contributed by atoms with van der Waals surface area (Å²) in [6.45, 7) is 2.00. The van der Waals surface area contributed by atoms with Crippen LogP contribution >= 0.6 is 0 Å². The molecule has 0 N–H and O–H groups in total. The van der Waals surface area contributed by atoms with Gasteiger partial charge in [-0.25, -0.2) is 17.6 Å². The molecule has 5 nitrogen and oxygen atoms in total. The van der Waals surface area contributed by atoms with Crippen LogP contribution in [-0.2, 0) is 13.5 Å². The number of hydrogen-bond donors (Lipinski definition) is 0. The number of benzene rings is 2. The summed E-state index contributed by atoms with van der Waals surface area (Å²) in [6.07, 6.45) is 0.340. The van der Waals surface area contributed by atoms with E-state index in [0.717, 1.165) is 18.2 Å². The molecule has 1 aromatic heterocycles. The molecule has 0 radical (unpaired) electrons. The summed E-state index contributed by atoms with van der Waals surface area (Å²) in [5.74, 6) is -5.01. The molecule has 0 fully saturated rings. The normalized spacial score (nSPS) is 15.7. The quantitative estimate of drug-likeness (QED) is 0.454. The second kappa shape index (κ2) is 7.72. The Morgan fingerprint density at radius 3 is 2.39 bits per heavy atom. The van der Waals surface area contributed by atoms with Gasteiger partial charge in [0.05, 0.1) is 30.1 Å². The Morgan fingerprint density at radius 1 is 1.10 bits per heavy atom. The average Bonchev–Trinajstić information content (AvgIpc) is 3.08. The molecular weight excluding hydrogens is 414 g/mol. The highest BCUT2D eigenvalue weighted by molar-refractivity contribution is 5.95. The third kappa shape index (κ3) is 3.43. The van der Waals surface area contributed by atoms with E-state index < -0.39 is 35.2 Å². The molecular formula is C22H19F4N3O2. The van der Waals surface area contributed by atoms with E-state index in [4.69, 9.17) is 4.74 Å². The molecule has 2 heterocycles. The highest BCUT2D eigenvalue weighted by Gasteiger charge is 2.34. The Hall–Kier alpha value is -3.36. The van der Waals surface area contributed by atoms with Crippen molar-refractivity contribution in [3.05, 3.63) is 70.4 Å². The highest BCUT2D eigenvalue weighted by atomic mass is 19.2. The molecule has 1 aliphatic heterocycles. The predicted molar refractivity (Wildman–Crippen MR) is 105 cm³/mol. The first kappa shape index (κ1) is 20.9. The third-order valence-corrected chi connectivity index (χ3v) is 5.57. The van der Waals surface area contributed by atoms with Crippen LogP contribution in [0.25, 0.3) is 11.3 Å². The second-order valence-corrected chi connectivity index (χ2v) is 7.36. The van der Waals surface area contributed by atoms with Crippen molar-refractivity contribution in [2.45, 2.75) is 19.4 Å². The fourth-order valence-electron chi connectivity index (χ4n) is 4.03. The van der Waals surface area contributed by atoms with Gasteiger partial charge in [-0.2, -0.15) is 5.10 Å². The summed E-state index contributed by atoms with van der Waals surface area (Å²) in [6, 6.07) is 5.35. The van der Waals surface area contributed by atoms with Gasteiger partial charge < -0.3 is 9.64 Å². The lowest BCUT2D eigenvalue weighted by Gasteiger charge is -2.33. The van der Waals surface area contributed by atoms with Gasteiger partial charge in [0.25, 0.3) is 5.91 Å². The van der Waals surface area contributed by atoms with E-state index in [1.165, 1.54) is 28.8 Å². The van der Waals surface area contributed by atoms with Crippen LogP contribution in [0.4, 0.5) is 17.6 Å². The van der Waals surface area contributed by atoms with Gasteiger partial charge in [-0.15, -0.1) is 0 Å². The lowest BCUT2D eigenvalue weighted by molar-refractivity contribution is 0.0668. The summed E-state index contributed by atoms with van der Waals surface area (Å²) in [7, 11) is 3.01. The van der Waals surface area contributed by atoms with Crippen molar-refractivity contribution < 1.29 is 27.1 Å². The number of methoxy groups -OCH3 is 1. The third-order valence-electron chi connectivity index (χ3n) is 5.57. The molecule has 0 bridgehead atoms. The van der Waals surface area contributed by atoms with E-state index in [9.17, 15) is 22.4 Å². The van der Waals surface area contributed by atoms with Crippen molar-refractivity contribution in [3.8, 4) is 17.0 Å². The number of rotatable bonds is 3. The van der Waals surface area contributed by atoms with Gasteiger partial charge in [0.2, 0.25) is 0 Å². The Bertz CT molecular complexity index is 1170. The Labute approximate surface area is 175 Å². The van der Waals surface area contributed by atoms with Crippen molar-refractivity contribution >= 4 is 5.91 Å². The van der Waals surface area contributed by atoms with Crippen molar-refractivity contribution in [1.82, 2.24) is 14.7 Å². The zero-order valence-corrected chi connectivity index (χ0v) is 17.0. The number of ether oxygens (including phenoxy) is 1. The first-order valence-corrected chi connectivity index (χ1v) is 9.58. The molecule has 3 aromatic rings. The first-order chi connectivity index (χ1) is 14.7. The molecule has 1 atom stereocenters. The SMILES string of the molecule is COc1ccc(C(=O)N2CCc3c(nn(C)c3-c3cc(F)c(F)c(F)c3)[C@@H]2C)c(F)c1. The lowest BCUT2D eigenvalue weighted by atomic mass is 9.95. The van der Waals surface area contributed by atoms with Crippen molar-refractivity contribution in [2.24, 2.45) is 7.05 Å². The molecule has 162 valence electrons. The van der Waals surface area contributed by atoms with Gasteiger partial charge in [0.1, 0.15) is 11.6 Å². The number of fused-ring (bicyclic) bond motifs is 1. The average molecular weight is 433 g/mol. The minimum Gasteiger partial charge on any atom is -0.497 e. The van der Waals surface area contributed by atoms with Crippen LogP contribution in [0.5, 0.6) is 5.75 Å². The van der Waals surface area contributed by atoms with Crippen molar-refractivity contribution in [2.75, 3.05) is 13.7 Å². The zero-order chi connectivity index (χ0) is 22.4. The van der Waals surface area contributed by atoms with Crippen molar-refractivity contribution in [3.63, 3.8) is 0 Å². The Morgan fingerprint density at radius 2 is 1.77 bits per heavy atom. The van der Waals surface area contributed by atoms with E-state index in [0.29, 0.717) is 29.1 Å². The number of aryl methyl sites for hydroxylation is 1. The summed E-state index contributed by atoms with van der Waals surface area (Å²) in [4.78, 5) is 14.5. The van der Waals surface area contributed by atoms with Gasteiger partial charge in [-0.1, -0.05) is 0 Å². The number of carbonyl (C=O) groups is 1. The van der Waals surface area contributed by atoms with E-state index in [1.807, 2.05) is 0 Å². The molecule has 9 heteroatoms. The summed E-state index contributed by atoms with van der Waals surface area (Å²) in [5, 5.41) is 4.44. The van der Waals surface area contributed by atoms with Gasteiger partial charge in [0, 0.05) is 30.8 Å². The molecule has 4 rings (SSSR count). The van der Waals surface area contributed by atoms with Crippen LogP contribution in [-0.4, -0.2) is 34.2 Å². The summed E-state index contributed by atoms with van der Waals surface area (Å²) < 4.78 is 61.8. The topological polar surface area (TPSA) is 47.4 Å². The number of halogens is 4. The molecule has 0 saturated heterocycles. The molecule has 0 aliphatic carbocycles. The van der Waals surface area contributed by atoms with E-state index in [-0.39, 0.29) is 17.7 Å². The fourth-order valence-corrected chi connectivity index (χ4v) is 4.03. The number of nitrogens with zero attached hydrogens (tertiary/aromatic N) is 3. The maximum Gasteiger partial charge on any atom is 0.257 e. The smallest absolute Gasteiger partial charge is 0.257 e. The Kier molecular flexibility index (Phi) is 5.20. The number of aromatic nitrogens is 2. The van der Waals surface area contributed by atoms with Crippen LogP contribution in [0, 0.1) is 23.3 Å². The molecule has 31 heavy (non-hydrogen) atoms. The molecule has 2 aromatic carbocycles.